The highest BCUT2D eigenvalue weighted by Gasteiger charge is 2.48. The Balaban J connectivity index is 2.14. The zero-order valence-electron chi connectivity index (χ0n) is 7.24. The summed E-state index contributed by atoms with van der Waals surface area (Å²) >= 11 is 0. The lowest BCUT2D eigenvalue weighted by atomic mass is 9.94. The Kier molecular flexibility index (Phi) is 2.29. The van der Waals surface area contributed by atoms with Gasteiger partial charge in [-0.25, -0.2) is 0 Å². The van der Waals surface area contributed by atoms with Crippen molar-refractivity contribution in [3.05, 3.63) is 0 Å². The smallest absolute Gasteiger partial charge is 0.0992 e. The molecule has 2 heterocycles. The first-order chi connectivity index (χ1) is 6.11. The third-order valence-electron chi connectivity index (χ3n) is 3.04. The van der Waals surface area contributed by atoms with Gasteiger partial charge in [0.2, 0.25) is 0 Å². The van der Waals surface area contributed by atoms with E-state index in [0.29, 0.717) is 19.5 Å². The average Bonchev–Trinajstić information content (AvgIpc) is 2.37. The van der Waals surface area contributed by atoms with Crippen LogP contribution in [0.3, 0.4) is 0 Å². The fourth-order valence-corrected chi connectivity index (χ4v) is 2.27. The Hall–Kier alpha value is -0.200. The number of piperidine rings is 1. The first kappa shape index (κ1) is 9.36. The van der Waals surface area contributed by atoms with Crippen molar-refractivity contribution in [2.24, 2.45) is 0 Å². The third-order valence-corrected chi connectivity index (χ3v) is 3.04. The van der Waals surface area contributed by atoms with Crippen molar-refractivity contribution in [3.63, 3.8) is 0 Å². The van der Waals surface area contributed by atoms with E-state index in [9.17, 15) is 20.4 Å². The molecular formula is C8H15NO4. The molecule has 0 aromatic rings. The Bertz CT molecular complexity index is 199. The van der Waals surface area contributed by atoms with Gasteiger partial charge in [-0.05, 0) is 6.42 Å². The van der Waals surface area contributed by atoms with Gasteiger partial charge in [0.15, 0.2) is 0 Å². The summed E-state index contributed by atoms with van der Waals surface area (Å²) in [6.45, 7) is 1.01. The molecule has 13 heavy (non-hydrogen) atoms. The van der Waals surface area contributed by atoms with Gasteiger partial charge in [0.25, 0.3) is 0 Å². The van der Waals surface area contributed by atoms with Crippen molar-refractivity contribution in [1.82, 2.24) is 4.90 Å². The van der Waals surface area contributed by atoms with Crippen LogP contribution in [0.15, 0.2) is 0 Å². The van der Waals surface area contributed by atoms with Crippen LogP contribution in [0.4, 0.5) is 0 Å². The van der Waals surface area contributed by atoms with Crippen molar-refractivity contribution >= 4 is 0 Å². The summed E-state index contributed by atoms with van der Waals surface area (Å²) in [5.41, 5.74) is 0. The molecule has 5 atom stereocenters. The molecule has 0 aliphatic carbocycles. The molecule has 0 unspecified atom stereocenters. The molecule has 2 aliphatic rings. The topological polar surface area (TPSA) is 84.2 Å². The maximum Gasteiger partial charge on any atom is 0.0992 e. The van der Waals surface area contributed by atoms with Crippen LogP contribution < -0.4 is 0 Å². The highest BCUT2D eigenvalue weighted by atomic mass is 16.4. The van der Waals surface area contributed by atoms with Crippen molar-refractivity contribution in [2.45, 2.75) is 36.9 Å². The summed E-state index contributed by atoms with van der Waals surface area (Å²) in [5.74, 6) is 0. The second-order valence-corrected chi connectivity index (χ2v) is 3.89. The lowest BCUT2D eigenvalue weighted by Gasteiger charge is -2.37. The number of hydrogen-bond donors (Lipinski definition) is 4. The molecule has 0 amide bonds. The summed E-state index contributed by atoms with van der Waals surface area (Å²) in [6.07, 6.45) is -2.96. The molecule has 5 nitrogen and oxygen atoms in total. The average molecular weight is 189 g/mol. The minimum absolute atomic E-state index is 0.385. The van der Waals surface area contributed by atoms with E-state index in [4.69, 9.17) is 0 Å². The van der Waals surface area contributed by atoms with E-state index < -0.39 is 30.5 Å². The van der Waals surface area contributed by atoms with Crippen molar-refractivity contribution in [1.29, 1.82) is 0 Å². The van der Waals surface area contributed by atoms with Crippen LogP contribution in [0.25, 0.3) is 0 Å². The van der Waals surface area contributed by atoms with Gasteiger partial charge in [-0.3, -0.25) is 4.90 Å². The van der Waals surface area contributed by atoms with Crippen molar-refractivity contribution in [3.8, 4) is 0 Å². The molecule has 2 fully saturated rings. The van der Waals surface area contributed by atoms with E-state index in [0.717, 1.165) is 0 Å². The Labute approximate surface area is 76.2 Å². The van der Waals surface area contributed by atoms with Gasteiger partial charge in [-0.2, -0.15) is 0 Å². The SMILES string of the molecule is O[C@@H]1[C@H]2[C@H](O)[C@@H](O)CN2CC[C@@H]1O. The molecule has 2 aliphatic heterocycles. The largest absolute Gasteiger partial charge is 0.390 e. The quantitative estimate of drug-likeness (QED) is 0.339. The number of aliphatic hydroxyl groups is 4. The molecular weight excluding hydrogens is 174 g/mol. The van der Waals surface area contributed by atoms with Gasteiger partial charge in [0.05, 0.1) is 30.5 Å². The summed E-state index contributed by atoms with van der Waals surface area (Å²) in [4.78, 5) is 1.83. The molecule has 5 heteroatoms. The molecule has 2 rings (SSSR count). The Morgan fingerprint density at radius 2 is 1.54 bits per heavy atom. The molecule has 4 N–H and O–H groups in total. The molecule has 76 valence electrons. The molecule has 0 aromatic heterocycles. The van der Waals surface area contributed by atoms with Gasteiger partial charge >= 0.3 is 0 Å². The van der Waals surface area contributed by atoms with Gasteiger partial charge in [-0.15, -0.1) is 0 Å². The van der Waals surface area contributed by atoms with Crippen LogP contribution in [-0.4, -0.2) is 68.9 Å². The minimum atomic E-state index is -0.944. The first-order valence-corrected chi connectivity index (χ1v) is 4.57. The normalized spacial score (nSPS) is 52.2. The molecule has 0 spiro atoms. The second kappa shape index (κ2) is 3.18. The van der Waals surface area contributed by atoms with Gasteiger partial charge in [0.1, 0.15) is 0 Å². The lowest BCUT2D eigenvalue weighted by Crippen LogP contribution is -2.55. The number of rotatable bonds is 0. The predicted molar refractivity (Wildman–Crippen MR) is 44.0 cm³/mol. The van der Waals surface area contributed by atoms with Crippen LogP contribution in [0.5, 0.6) is 0 Å². The maximum atomic E-state index is 9.57. The predicted octanol–water partition coefficient (Wildman–Crippen LogP) is -2.48. The first-order valence-electron chi connectivity index (χ1n) is 4.57. The van der Waals surface area contributed by atoms with Crippen molar-refractivity contribution in [2.75, 3.05) is 13.1 Å². The highest BCUT2D eigenvalue weighted by Crippen LogP contribution is 2.27. The molecule has 2 saturated heterocycles. The summed E-state index contributed by atoms with van der Waals surface area (Å²) in [7, 11) is 0. The highest BCUT2D eigenvalue weighted by molar-refractivity contribution is 5.02. The van der Waals surface area contributed by atoms with Crippen LogP contribution in [-0.2, 0) is 0 Å². The van der Waals surface area contributed by atoms with Crippen molar-refractivity contribution < 1.29 is 20.4 Å². The van der Waals surface area contributed by atoms with E-state index in [1.807, 2.05) is 4.90 Å². The van der Waals surface area contributed by atoms with E-state index in [1.165, 1.54) is 0 Å². The van der Waals surface area contributed by atoms with Crippen LogP contribution in [0.1, 0.15) is 6.42 Å². The number of hydrogen-bond acceptors (Lipinski definition) is 5. The molecule has 0 radical (unpaired) electrons. The van der Waals surface area contributed by atoms with Crippen LogP contribution in [0, 0.1) is 0 Å². The Morgan fingerprint density at radius 1 is 0.923 bits per heavy atom. The summed E-state index contributed by atoms with van der Waals surface area (Å²) in [5, 5.41) is 37.8. The number of nitrogens with zero attached hydrogens (tertiary/aromatic N) is 1. The number of fused-ring (bicyclic) bond motifs is 1. The van der Waals surface area contributed by atoms with Crippen LogP contribution >= 0.6 is 0 Å². The minimum Gasteiger partial charge on any atom is -0.390 e. The Morgan fingerprint density at radius 3 is 2.23 bits per heavy atom. The lowest BCUT2D eigenvalue weighted by molar-refractivity contribution is -0.0907. The van der Waals surface area contributed by atoms with E-state index in [1.54, 1.807) is 0 Å². The monoisotopic (exact) mass is 189 g/mol. The van der Waals surface area contributed by atoms with E-state index in [2.05, 4.69) is 0 Å². The van der Waals surface area contributed by atoms with Gasteiger partial charge < -0.3 is 20.4 Å². The molecule has 0 saturated carbocycles. The van der Waals surface area contributed by atoms with E-state index in [-0.39, 0.29) is 0 Å². The number of aliphatic hydroxyl groups excluding tert-OH is 4. The van der Waals surface area contributed by atoms with Gasteiger partial charge in [0, 0.05) is 13.1 Å². The fraction of sp³-hybridized carbons (Fsp3) is 1.00. The summed E-state index contributed by atoms with van der Waals surface area (Å²) < 4.78 is 0. The molecule has 0 bridgehead atoms. The standard InChI is InChI=1S/C8H15NO4/c10-4-1-2-9-3-5(11)8(13)6(9)7(4)12/h4-8,10-13H,1-3H2/t4-,5-,6-,7-,8+/m0/s1. The molecule has 0 aromatic carbocycles. The third kappa shape index (κ3) is 1.37. The zero-order chi connectivity index (χ0) is 9.59. The van der Waals surface area contributed by atoms with E-state index >= 15 is 0 Å². The van der Waals surface area contributed by atoms with Gasteiger partial charge in [-0.1, -0.05) is 0 Å². The van der Waals surface area contributed by atoms with Crippen LogP contribution in [0.2, 0.25) is 0 Å². The maximum absolute atomic E-state index is 9.57. The second-order valence-electron chi connectivity index (χ2n) is 3.89. The zero-order valence-corrected chi connectivity index (χ0v) is 7.24. The fourth-order valence-electron chi connectivity index (χ4n) is 2.27. The summed E-state index contributed by atoms with van der Waals surface area (Å²) in [6, 6.07) is -0.501.